The number of aromatic hydroxyl groups is 1. The van der Waals surface area contributed by atoms with Crippen LogP contribution in [-0.2, 0) is 0 Å². The van der Waals surface area contributed by atoms with Crippen LogP contribution in [0.15, 0.2) is 47.6 Å². The third-order valence-electron chi connectivity index (χ3n) is 2.45. The summed E-state index contributed by atoms with van der Waals surface area (Å²) in [4.78, 5) is 11.7. The molecule has 0 aromatic heterocycles. The normalized spacial score (nSPS) is 10.7. The molecule has 0 radical (unpaired) electrons. The van der Waals surface area contributed by atoms with Crippen LogP contribution in [0.1, 0.15) is 15.9 Å². The summed E-state index contributed by atoms with van der Waals surface area (Å²) >= 11 is 5.69. The molecule has 0 aliphatic heterocycles. The van der Waals surface area contributed by atoms with Crippen LogP contribution in [0.5, 0.6) is 5.75 Å². The molecule has 0 saturated heterocycles. The minimum atomic E-state index is -0.547. The van der Waals surface area contributed by atoms with Gasteiger partial charge >= 0.3 is 0 Å². The topological polar surface area (TPSA) is 61.7 Å². The SMILES string of the molecule is O=C(NN=Cc1ccc(Cl)cc1O)c1cccc(F)c1. The third kappa shape index (κ3) is 3.55. The third-order valence-corrected chi connectivity index (χ3v) is 2.68. The quantitative estimate of drug-likeness (QED) is 0.675. The zero-order valence-electron chi connectivity index (χ0n) is 10.2. The second-order valence-electron chi connectivity index (χ2n) is 3.91. The minimum absolute atomic E-state index is 0.0544. The number of carbonyl (C=O) groups is 1. The molecule has 0 bridgehead atoms. The molecular formula is C14H10ClFN2O2. The number of hydrogen-bond acceptors (Lipinski definition) is 3. The van der Waals surface area contributed by atoms with E-state index >= 15 is 0 Å². The molecule has 0 fully saturated rings. The molecule has 6 heteroatoms. The molecule has 2 aromatic carbocycles. The number of phenolic OH excluding ortho intramolecular Hbond substituents is 1. The number of carbonyl (C=O) groups excluding carboxylic acids is 1. The first kappa shape index (κ1) is 14.0. The average molecular weight is 293 g/mol. The van der Waals surface area contributed by atoms with Crippen molar-refractivity contribution in [1.29, 1.82) is 0 Å². The molecule has 102 valence electrons. The first-order valence-corrected chi connectivity index (χ1v) is 6.01. The molecule has 0 aliphatic rings. The number of hydrazone groups is 1. The van der Waals surface area contributed by atoms with Crippen LogP contribution in [-0.4, -0.2) is 17.2 Å². The summed E-state index contributed by atoms with van der Waals surface area (Å²) in [6, 6.07) is 9.73. The maximum atomic E-state index is 12.9. The minimum Gasteiger partial charge on any atom is -0.507 e. The molecule has 0 unspecified atom stereocenters. The summed E-state index contributed by atoms with van der Waals surface area (Å²) in [5.74, 6) is -1.10. The lowest BCUT2D eigenvalue weighted by molar-refractivity contribution is 0.0954. The van der Waals surface area contributed by atoms with Crippen molar-refractivity contribution < 1.29 is 14.3 Å². The lowest BCUT2D eigenvalue weighted by atomic mass is 10.2. The zero-order valence-corrected chi connectivity index (χ0v) is 10.9. The van der Waals surface area contributed by atoms with Crippen LogP contribution in [0, 0.1) is 5.82 Å². The van der Waals surface area contributed by atoms with E-state index in [9.17, 15) is 14.3 Å². The summed E-state index contributed by atoms with van der Waals surface area (Å²) in [7, 11) is 0. The standard InChI is InChI=1S/C14H10ClFN2O2/c15-11-5-4-10(13(19)7-11)8-17-18-14(20)9-2-1-3-12(16)6-9/h1-8,19H,(H,18,20). The predicted octanol–water partition coefficient (Wildman–Crippen LogP) is 2.95. The van der Waals surface area contributed by atoms with Crippen molar-refractivity contribution in [1.82, 2.24) is 5.43 Å². The molecule has 2 rings (SSSR count). The van der Waals surface area contributed by atoms with E-state index < -0.39 is 11.7 Å². The van der Waals surface area contributed by atoms with Crippen molar-refractivity contribution in [3.63, 3.8) is 0 Å². The van der Waals surface area contributed by atoms with Gasteiger partial charge in [-0.15, -0.1) is 0 Å². The van der Waals surface area contributed by atoms with Crippen LogP contribution in [0.2, 0.25) is 5.02 Å². The first-order valence-electron chi connectivity index (χ1n) is 5.64. The van der Waals surface area contributed by atoms with Gasteiger partial charge in [0.25, 0.3) is 5.91 Å². The Balaban J connectivity index is 2.04. The van der Waals surface area contributed by atoms with Gasteiger partial charge in [0, 0.05) is 16.1 Å². The lowest BCUT2D eigenvalue weighted by Gasteiger charge is -2.01. The van der Waals surface area contributed by atoms with Crippen molar-refractivity contribution in [3.05, 3.63) is 64.4 Å². The number of phenols is 1. The van der Waals surface area contributed by atoms with Gasteiger partial charge in [-0.2, -0.15) is 5.10 Å². The molecule has 0 aliphatic carbocycles. The van der Waals surface area contributed by atoms with E-state index in [0.29, 0.717) is 10.6 Å². The Labute approximate surface area is 119 Å². The fourth-order valence-corrected chi connectivity index (χ4v) is 1.65. The van der Waals surface area contributed by atoms with E-state index in [0.717, 1.165) is 6.07 Å². The van der Waals surface area contributed by atoms with Crippen molar-refractivity contribution in [3.8, 4) is 5.75 Å². The second kappa shape index (κ2) is 6.16. The summed E-state index contributed by atoms with van der Waals surface area (Å²) in [5.41, 5.74) is 2.79. The number of nitrogens with one attached hydrogen (secondary N) is 1. The fraction of sp³-hybridized carbons (Fsp3) is 0. The van der Waals surface area contributed by atoms with E-state index in [1.807, 2.05) is 0 Å². The van der Waals surface area contributed by atoms with Gasteiger partial charge < -0.3 is 5.11 Å². The molecule has 0 spiro atoms. The van der Waals surface area contributed by atoms with Crippen molar-refractivity contribution >= 4 is 23.7 Å². The van der Waals surface area contributed by atoms with Gasteiger partial charge in [0.1, 0.15) is 11.6 Å². The average Bonchev–Trinajstić information content (AvgIpc) is 2.41. The number of halogens is 2. The summed E-state index contributed by atoms with van der Waals surface area (Å²) in [5, 5.41) is 13.7. The molecule has 2 aromatic rings. The van der Waals surface area contributed by atoms with E-state index in [1.54, 1.807) is 12.1 Å². The number of rotatable bonds is 3. The van der Waals surface area contributed by atoms with Gasteiger partial charge in [0.05, 0.1) is 6.21 Å². The van der Waals surface area contributed by atoms with Crippen molar-refractivity contribution in [2.45, 2.75) is 0 Å². The second-order valence-corrected chi connectivity index (χ2v) is 4.35. The van der Waals surface area contributed by atoms with E-state index in [4.69, 9.17) is 11.6 Å². The van der Waals surface area contributed by atoms with Gasteiger partial charge in [0.15, 0.2) is 0 Å². The van der Waals surface area contributed by atoms with E-state index in [1.165, 1.54) is 30.5 Å². The largest absolute Gasteiger partial charge is 0.507 e. The van der Waals surface area contributed by atoms with Crippen LogP contribution in [0.4, 0.5) is 4.39 Å². The highest BCUT2D eigenvalue weighted by Gasteiger charge is 2.05. The van der Waals surface area contributed by atoms with Gasteiger partial charge in [-0.25, -0.2) is 9.82 Å². The predicted molar refractivity (Wildman–Crippen MR) is 74.6 cm³/mol. The summed E-state index contributed by atoms with van der Waals surface area (Å²) < 4.78 is 12.9. The lowest BCUT2D eigenvalue weighted by Crippen LogP contribution is -2.17. The number of benzene rings is 2. The van der Waals surface area contributed by atoms with Gasteiger partial charge in [0.2, 0.25) is 0 Å². The summed E-state index contributed by atoms with van der Waals surface area (Å²) in [6.45, 7) is 0. The van der Waals surface area contributed by atoms with Crippen molar-refractivity contribution in [2.24, 2.45) is 5.10 Å². The molecule has 4 nitrogen and oxygen atoms in total. The molecule has 20 heavy (non-hydrogen) atoms. The molecular weight excluding hydrogens is 283 g/mol. The monoisotopic (exact) mass is 292 g/mol. The Morgan fingerprint density at radius 2 is 2.10 bits per heavy atom. The maximum absolute atomic E-state index is 12.9. The molecule has 0 heterocycles. The van der Waals surface area contributed by atoms with Gasteiger partial charge in [-0.1, -0.05) is 17.7 Å². The first-order chi connectivity index (χ1) is 9.56. The molecule has 1 amide bonds. The zero-order chi connectivity index (χ0) is 14.5. The highest BCUT2D eigenvalue weighted by Crippen LogP contribution is 2.20. The maximum Gasteiger partial charge on any atom is 0.271 e. The van der Waals surface area contributed by atoms with Gasteiger partial charge in [-0.3, -0.25) is 4.79 Å². The smallest absolute Gasteiger partial charge is 0.271 e. The molecule has 0 saturated carbocycles. The van der Waals surface area contributed by atoms with Crippen LogP contribution >= 0.6 is 11.6 Å². The van der Waals surface area contributed by atoms with Crippen molar-refractivity contribution in [2.75, 3.05) is 0 Å². The summed E-state index contributed by atoms with van der Waals surface area (Å²) in [6.07, 6.45) is 1.27. The van der Waals surface area contributed by atoms with Crippen LogP contribution in [0.25, 0.3) is 0 Å². The van der Waals surface area contributed by atoms with Crippen LogP contribution in [0.3, 0.4) is 0 Å². The Kier molecular flexibility index (Phi) is 4.32. The Hall–Kier alpha value is -2.40. The molecule has 0 atom stereocenters. The highest BCUT2D eigenvalue weighted by molar-refractivity contribution is 6.30. The van der Waals surface area contributed by atoms with Gasteiger partial charge in [-0.05, 0) is 36.4 Å². The fourth-order valence-electron chi connectivity index (χ4n) is 1.48. The Bertz CT molecular complexity index is 674. The van der Waals surface area contributed by atoms with Crippen LogP contribution < -0.4 is 5.43 Å². The number of nitrogens with zero attached hydrogens (tertiary/aromatic N) is 1. The Morgan fingerprint density at radius 3 is 2.80 bits per heavy atom. The Morgan fingerprint density at radius 1 is 1.30 bits per heavy atom. The number of amides is 1. The molecule has 2 N–H and O–H groups in total. The number of hydrogen-bond donors (Lipinski definition) is 2. The van der Waals surface area contributed by atoms with E-state index in [-0.39, 0.29) is 11.3 Å². The highest BCUT2D eigenvalue weighted by atomic mass is 35.5. The van der Waals surface area contributed by atoms with E-state index in [2.05, 4.69) is 10.5 Å².